The quantitative estimate of drug-likeness (QED) is 0.638. The van der Waals surface area contributed by atoms with Gasteiger partial charge in [-0.15, -0.1) is 0 Å². The lowest BCUT2D eigenvalue weighted by Gasteiger charge is -2.35. The fourth-order valence-corrected chi connectivity index (χ4v) is 4.53. The van der Waals surface area contributed by atoms with Crippen LogP contribution in [0.3, 0.4) is 0 Å². The molecule has 0 N–H and O–H groups in total. The number of piperidine rings is 1. The van der Waals surface area contributed by atoms with E-state index in [1.807, 2.05) is 0 Å². The average molecular weight is 440 g/mol. The van der Waals surface area contributed by atoms with E-state index < -0.39 is 29.0 Å². The van der Waals surface area contributed by atoms with Gasteiger partial charge in [-0.1, -0.05) is 18.2 Å². The molecule has 1 aromatic carbocycles. The van der Waals surface area contributed by atoms with Gasteiger partial charge in [0.25, 0.3) is 0 Å². The van der Waals surface area contributed by atoms with Gasteiger partial charge in [-0.2, -0.15) is 13.2 Å². The second-order valence-electron chi connectivity index (χ2n) is 8.24. The van der Waals surface area contributed by atoms with Gasteiger partial charge in [0.1, 0.15) is 0 Å². The summed E-state index contributed by atoms with van der Waals surface area (Å²) in [6, 6.07) is 4.42. The van der Waals surface area contributed by atoms with Gasteiger partial charge >= 0.3 is 6.18 Å². The van der Waals surface area contributed by atoms with E-state index in [2.05, 4.69) is 0 Å². The summed E-state index contributed by atoms with van der Waals surface area (Å²) in [5.41, 5.74) is -2.47. The van der Waals surface area contributed by atoms with Crippen molar-refractivity contribution in [3.63, 3.8) is 0 Å². The normalized spacial score (nSPS) is 23.0. The van der Waals surface area contributed by atoms with E-state index in [4.69, 9.17) is 4.74 Å². The lowest BCUT2D eigenvalue weighted by atomic mass is 9.75. The number of likely N-dealkylation sites (N-methyl/N-ethyl adjacent to an activating group) is 1. The highest BCUT2D eigenvalue weighted by molar-refractivity contribution is 6.10. The summed E-state index contributed by atoms with van der Waals surface area (Å²) in [5.74, 6) is -1.07. The third-order valence-electron chi connectivity index (χ3n) is 6.29. The minimum atomic E-state index is -4.60. The number of rotatable bonds is 6. The van der Waals surface area contributed by atoms with Crippen LogP contribution < -0.4 is 0 Å². The van der Waals surface area contributed by atoms with E-state index in [9.17, 15) is 27.6 Å². The van der Waals surface area contributed by atoms with Crippen LogP contribution in [0.15, 0.2) is 24.3 Å². The number of hydrogen-bond acceptors (Lipinski definition) is 4. The number of imide groups is 1. The van der Waals surface area contributed by atoms with Gasteiger partial charge in [0.2, 0.25) is 17.7 Å². The molecule has 9 heteroatoms. The molecule has 3 rings (SSSR count). The molecule has 0 aromatic heterocycles. The molecule has 0 aliphatic carbocycles. The number of benzene rings is 1. The molecule has 6 nitrogen and oxygen atoms in total. The number of alkyl halides is 3. The smallest absolute Gasteiger partial charge is 0.384 e. The van der Waals surface area contributed by atoms with E-state index in [1.54, 1.807) is 18.9 Å². The third-order valence-corrected chi connectivity index (χ3v) is 6.29. The molecule has 0 saturated carbocycles. The molecular weight excluding hydrogens is 413 g/mol. The van der Waals surface area contributed by atoms with Crippen LogP contribution in [0.5, 0.6) is 0 Å². The van der Waals surface area contributed by atoms with Gasteiger partial charge in [0.15, 0.2) is 0 Å². The largest absolute Gasteiger partial charge is 0.416 e. The molecule has 31 heavy (non-hydrogen) atoms. The Morgan fingerprint density at radius 2 is 1.90 bits per heavy atom. The van der Waals surface area contributed by atoms with Crippen molar-refractivity contribution in [2.24, 2.45) is 5.92 Å². The zero-order valence-electron chi connectivity index (χ0n) is 17.7. The molecule has 2 fully saturated rings. The Morgan fingerprint density at radius 1 is 1.23 bits per heavy atom. The predicted octanol–water partition coefficient (Wildman–Crippen LogP) is 3.00. The number of likely N-dealkylation sites (tertiary alicyclic amines) is 2. The Labute approximate surface area is 179 Å². The number of carbonyl (C=O) groups is 3. The SMILES string of the molecule is CCN1C(=O)C[C@](CC(=O)N2CCC(COC)CC2)(c2cccc(C(F)(F)F)c2)C1=O. The highest BCUT2D eigenvalue weighted by atomic mass is 19.4. The van der Waals surface area contributed by atoms with E-state index in [-0.39, 0.29) is 30.9 Å². The molecular formula is C22H27F3N2O4. The molecule has 1 atom stereocenters. The highest BCUT2D eigenvalue weighted by Crippen LogP contribution is 2.42. The van der Waals surface area contributed by atoms with Gasteiger partial charge < -0.3 is 9.64 Å². The molecule has 0 spiro atoms. The zero-order chi connectivity index (χ0) is 22.8. The summed E-state index contributed by atoms with van der Waals surface area (Å²) >= 11 is 0. The number of hydrogen-bond donors (Lipinski definition) is 0. The molecule has 2 aliphatic rings. The van der Waals surface area contributed by atoms with E-state index in [0.29, 0.717) is 25.6 Å². The molecule has 1 aromatic rings. The number of halogens is 3. The van der Waals surface area contributed by atoms with E-state index in [1.165, 1.54) is 12.1 Å². The first-order valence-electron chi connectivity index (χ1n) is 10.4. The first-order valence-corrected chi connectivity index (χ1v) is 10.4. The van der Waals surface area contributed by atoms with Crippen LogP contribution in [0.25, 0.3) is 0 Å². The van der Waals surface area contributed by atoms with Crippen LogP contribution >= 0.6 is 0 Å². The Hall–Kier alpha value is -2.42. The Morgan fingerprint density at radius 3 is 2.45 bits per heavy atom. The van der Waals surface area contributed by atoms with Crippen LogP contribution in [-0.4, -0.2) is 60.9 Å². The summed E-state index contributed by atoms with van der Waals surface area (Å²) in [4.78, 5) is 41.5. The lowest BCUT2D eigenvalue weighted by molar-refractivity contribution is -0.143. The van der Waals surface area contributed by atoms with Crippen molar-refractivity contribution in [2.45, 2.75) is 44.2 Å². The van der Waals surface area contributed by atoms with Crippen LogP contribution in [0.2, 0.25) is 0 Å². The molecule has 3 amide bonds. The molecule has 2 saturated heterocycles. The minimum absolute atomic E-state index is 0.0549. The topological polar surface area (TPSA) is 66.9 Å². The van der Waals surface area contributed by atoms with Crippen molar-refractivity contribution in [2.75, 3.05) is 33.4 Å². The maximum absolute atomic E-state index is 13.3. The van der Waals surface area contributed by atoms with Crippen LogP contribution in [0.1, 0.15) is 43.7 Å². The molecule has 0 bridgehead atoms. The Bertz CT molecular complexity index is 849. The standard InChI is InChI=1S/C22H27F3N2O4/c1-3-27-19(29)13-21(20(27)30,16-5-4-6-17(11-16)22(23,24)25)12-18(28)26-9-7-15(8-10-26)14-31-2/h4-6,11,15H,3,7-10,12-14H2,1-2H3/t21-/m1/s1. The van der Waals surface area contributed by atoms with E-state index in [0.717, 1.165) is 29.9 Å². The number of methoxy groups -OCH3 is 1. The van der Waals surface area contributed by atoms with Crippen molar-refractivity contribution < 1.29 is 32.3 Å². The monoisotopic (exact) mass is 440 g/mol. The molecule has 0 unspecified atom stereocenters. The maximum atomic E-state index is 13.3. The van der Waals surface area contributed by atoms with Crippen LogP contribution in [0.4, 0.5) is 13.2 Å². The van der Waals surface area contributed by atoms with Gasteiger partial charge in [-0.05, 0) is 37.3 Å². The molecule has 2 aliphatic heterocycles. The number of nitrogens with zero attached hydrogens (tertiary/aromatic N) is 2. The summed E-state index contributed by atoms with van der Waals surface area (Å²) in [5, 5.41) is 0. The molecule has 0 radical (unpaired) electrons. The average Bonchev–Trinajstić information content (AvgIpc) is 2.98. The number of ether oxygens (including phenoxy) is 1. The number of carbonyl (C=O) groups excluding carboxylic acids is 3. The maximum Gasteiger partial charge on any atom is 0.416 e. The zero-order valence-corrected chi connectivity index (χ0v) is 17.7. The van der Waals surface area contributed by atoms with Crippen molar-refractivity contribution in [1.29, 1.82) is 0 Å². The van der Waals surface area contributed by atoms with Crippen molar-refractivity contribution in [1.82, 2.24) is 9.80 Å². The van der Waals surface area contributed by atoms with Crippen molar-refractivity contribution in [3.8, 4) is 0 Å². The fourth-order valence-electron chi connectivity index (χ4n) is 4.53. The summed E-state index contributed by atoms with van der Waals surface area (Å²) in [6.45, 7) is 3.32. The first-order chi connectivity index (χ1) is 14.6. The molecule has 2 heterocycles. The summed E-state index contributed by atoms with van der Waals surface area (Å²) in [7, 11) is 1.62. The van der Waals surface area contributed by atoms with Crippen LogP contribution in [0, 0.1) is 5.92 Å². The van der Waals surface area contributed by atoms with Crippen molar-refractivity contribution in [3.05, 3.63) is 35.4 Å². The summed E-state index contributed by atoms with van der Waals surface area (Å²) in [6.07, 6.45) is -3.73. The lowest BCUT2D eigenvalue weighted by Crippen LogP contribution is -2.45. The number of amides is 3. The van der Waals surface area contributed by atoms with Crippen LogP contribution in [-0.2, 0) is 30.7 Å². The van der Waals surface area contributed by atoms with Gasteiger partial charge in [0, 0.05) is 46.2 Å². The summed E-state index contributed by atoms with van der Waals surface area (Å²) < 4.78 is 45.1. The van der Waals surface area contributed by atoms with Gasteiger partial charge in [-0.25, -0.2) is 0 Å². The second-order valence-corrected chi connectivity index (χ2v) is 8.24. The fraction of sp³-hybridized carbons (Fsp3) is 0.591. The third kappa shape index (κ3) is 4.61. The van der Waals surface area contributed by atoms with Gasteiger partial charge in [0.05, 0.1) is 11.0 Å². The Kier molecular flexibility index (Phi) is 6.73. The minimum Gasteiger partial charge on any atom is -0.384 e. The highest BCUT2D eigenvalue weighted by Gasteiger charge is 2.54. The van der Waals surface area contributed by atoms with Crippen molar-refractivity contribution >= 4 is 17.7 Å². The second kappa shape index (κ2) is 8.98. The molecule has 170 valence electrons. The Balaban J connectivity index is 1.91. The first kappa shape index (κ1) is 23.2. The predicted molar refractivity (Wildman–Crippen MR) is 106 cm³/mol. The van der Waals surface area contributed by atoms with E-state index >= 15 is 0 Å². The van der Waals surface area contributed by atoms with Gasteiger partial charge in [-0.3, -0.25) is 19.3 Å².